The molecule has 0 rings (SSSR count). The lowest BCUT2D eigenvalue weighted by atomic mass is 10.1. The number of hydrogen-bond donors (Lipinski definition) is 2. The molecule has 0 aliphatic rings. The van der Waals surface area contributed by atoms with Gasteiger partial charge in [0.05, 0.1) is 13.2 Å². The predicted molar refractivity (Wildman–Crippen MR) is 193 cm³/mol. The second-order valence-corrected chi connectivity index (χ2v) is 14.0. The van der Waals surface area contributed by atoms with E-state index in [0.29, 0.717) is 19.8 Å². The van der Waals surface area contributed by atoms with Crippen molar-refractivity contribution in [1.82, 2.24) is 0 Å². The summed E-state index contributed by atoms with van der Waals surface area (Å²) in [5.74, 6) is -1.55. The second-order valence-electron chi connectivity index (χ2n) is 13.3. The molecule has 2 N–H and O–H groups in total. The van der Waals surface area contributed by atoms with E-state index < -0.39 is 14.6 Å². The Morgan fingerprint density at radius 2 is 0.644 bits per heavy atom. The summed E-state index contributed by atoms with van der Waals surface area (Å²) in [5.41, 5.74) is 0. The Morgan fingerprint density at radius 3 is 0.933 bits per heavy atom. The molecule has 0 radical (unpaired) electrons. The topological polar surface area (TPSA) is 77.4 Å². The van der Waals surface area contributed by atoms with Gasteiger partial charge in [-0.15, -0.1) is 0 Å². The molecule has 272 valence electrons. The van der Waals surface area contributed by atoms with Gasteiger partial charge in [0, 0.05) is 6.61 Å². The summed E-state index contributed by atoms with van der Waals surface area (Å²) < 4.78 is 23.8. The van der Waals surface area contributed by atoms with Gasteiger partial charge in [-0.3, -0.25) is 4.52 Å². The monoisotopic (exact) mass is 663 g/mol. The molecule has 0 aliphatic carbocycles. The van der Waals surface area contributed by atoms with Gasteiger partial charge in [0.1, 0.15) is 6.61 Å². The standard InChI is InChI=1S/C38H79O6P/c1-4-7-10-13-16-19-22-25-28-31-34-41-37-38(44-45(39)40,42-35-32-29-26-23-20-17-14-11-8-5-2)43-36-33-30-27-24-21-18-15-12-9-6-3/h39-40H,4-37H2,1-3H3. The van der Waals surface area contributed by atoms with E-state index in [1.165, 1.54) is 154 Å². The van der Waals surface area contributed by atoms with Crippen molar-refractivity contribution in [1.29, 1.82) is 0 Å². The Hall–Kier alpha value is 0.190. The fraction of sp³-hybridized carbons (Fsp3) is 1.00. The summed E-state index contributed by atoms with van der Waals surface area (Å²) in [4.78, 5) is 19.6. The zero-order valence-corrected chi connectivity index (χ0v) is 31.4. The molecule has 0 saturated heterocycles. The van der Waals surface area contributed by atoms with E-state index in [1.54, 1.807) is 0 Å². The zero-order valence-electron chi connectivity index (χ0n) is 30.5. The largest absolute Gasteiger partial charge is 0.373 e. The molecule has 0 atom stereocenters. The average Bonchev–Trinajstić information content (AvgIpc) is 3.02. The minimum Gasteiger partial charge on any atom is -0.373 e. The summed E-state index contributed by atoms with van der Waals surface area (Å²) in [6.45, 7) is 8.36. The highest BCUT2D eigenvalue weighted by Gasteiger charge is 2.37. The van der Waals surface area contributed by atoms with E-state index in [4.69, 9.17) is 18.7 Å². The van der Waals surface area contributed by atoms with Crippen LogP contribution in [0.4, 0.5) is 0 Å². The maximum absolute atomic E-state index is 9.82. The number of hydrogen-bond acceptors (Lipinski definition) is 6. The van der Waals surface area contributed by atoms with Crippen LogP contribution in [-0.4, -0.2) is 42.2 Å². The molecular weight excluding hydrogens is 583 g/mol. The molecule has 0 unspecified atom stereocenters. The Morgan fingerprint density at radius 1 is 0.378 bits per heavy atom. The highest BCUT2D eigenvalue weighted by atomic mass is 31.2. The van der Waals surface area contributed by atoms with E-state index in [1.807, 2.05) is 0 Å². The van der Waals surface area contributed by atoms with Gasteiger partial charge in [-0.25, -0.2) is 0 Å². The summed E-state index contributed by atoms with van der Waals surface area (Å²) >= 11 is 0. The third-order valence-electron chi connectivity index (χ3n) is 8.78. The first-order valence-corrected chi connectivity index (χ1v) is 21.0. The molecule has 0 bridgehead atoms. The molecule has 0 aromatic rings. The van der Waals surface area contributed by atoms with Crippen LogP contribution >= 0.6 is 8.60 Å². The third kappa shape index (κ3) is 33.9. The summed E-state index contributed by atoms with van der Waals surface area (Å²) in [7, 11) is -2.64. The van der Waals surface area contributed by atoms with E-state index in [0.717, 1.165) is 38.5 Å². The van der Waals surface area contributed by atoms with Crippen LogP contribution in [0.5, 0.6) is 0 Å². The van der Waals surface area contributed by atoms with Crippen molar-refractivity contribution in [3.05, 3.63) is 0 Å². The fourth-order valence-corrected chi connectivity index (χ4v) is 6.26. The Kier molecular flexibility index (Phi) is 37.2. The summed E-state index contributed by atoms with van der Waals surface area (Å²) in [6, 6.07) is 0. The molecule has 0 spiro atoms. The Balaban J connectivity index is 4.47. The minimum absolute atomic E-state index is 0.0555. The first kappa shape index (κ1) is 45.2. The molecule has 7 heteroatoms. The molecule has 0 aromatic heterocycles. The molecule has 6 nitrogen and oxygen atoms in total. The molecule has 0 amide bonds. The van der Waals surface area contributed by atoms with Gasteiger partial charge in [0.25, 0.3) is 0 Å². The van der Waals surface area contributed by atoms with Gasteiger partial charge in [-0.2, -0.15) is 0 Å². The van der Waals surface area contributed by atoms with Gasteiger partial charge in [0.15, 0.2) is 0 Å². The van der Waals surface area contributed by atoms with Gasteiger partial charge < -0.3 is 24.0 Å². The van der Waals surface area contributed by atoms with E-state index in [-0.39, 0.29) is 6.61 Å². The lowest BCUT2D eigenvalue weighted by Gasteiger charge is -2.33. The average molecular weight is 663 g/mol. The lowest BCUT2D eigenvalue weighted by molar-refractivity contribution is -0.362. The van der Waals surface area contributed by atoms with Crippen molar-refractivity contribution in [3.63, 3.8) is 0 Å². The third-order valence-corrected chi connectivity index (χ3v) is 9.22. The normalized spacial score (nSPS) is 12.1. The predicted octanol–water partition coefficient (Wildman–Crippen LogP) is 12.7. The quantitative estimate of drug-likeness (QED) is 0.0387. The van der Waals surface area contributed by atoms with Crippen LogP contribution in [0.1, 0.15) is 213 Å². The van der Waals surface area contributed by atoms with Crippen molar-refractivity contribution in [3.8, 4) is 0 Å². The van der Waals surface area contributed by atoms with Gasteiger partial charge in [-0.1, -0.05) is 194 Å². The van der Waals surface area contributed by atoms with Crippen LogP contribution in [0.3, 0.4) is 0 Å². The van der Waals surface area contributed by atoms with Crippen LogP contribution < -0.4 is 0 Å². The van der Waals surface area contributed by atoms with E-state index in [9.17, 15) is 9.79 Å². The van der Waals surface area contributed by atoms with Crippen LogP contribution in [0, 0.1) is 0 Å². The Bertz CT molecular complexity index is 524. The lowest BCUT2D eigenvalue weighted by Crippen LogP contribution is -2.43. The van der Waals surface area contributed by atoms with Crippen molar-refractivity contribution in [2.45, 2.75) is 219 Å². The number of rotatable bonds is 39. The minimum atomic E-state index is -2.64. The van der Waals surface area contributed by atoms with Crippen molar-refractivity contribution in [2.75, 3.05) is 26.4 Å². The first-order valence-electron chi connectivity index (χ1n) is 19.8. The molecule has 45 heavy (non-hydrogen) atoms. The molecule has 0 aliphatic heterocycles. The van der Waals surface area contributed by atoms with Crippen LogP contribution in [0.2, 0.25) is 0 Å². The SMILES string of the molecule is CCCCCCCCCCCCOCC(OCCCCCCCCCCCC)(OCCCCCCCCCCCC)OP(O)O. The van der Waals surface area contributed by atoms with E-state index >= 15 is 0 Å². The molecule has 0 fully saturated rings. The van der Waals surface area contributed by atoms with E-state index in [2.05, 4.69) is 20.8 Å². The molecule has 0 aromatic carbocycles. The first-order chi connectivity index (χ1) is 22.1. The molecular formula is C38H79O6P. The fourth-order valence-electron chi connectivity index (χ4n) is 5.85. The van der Waals surface area contributed by atoms with Gasteiger partial charge >= 0.3 is 14.6 Å². The van der Waals surface area contributed by atoms with Crippen molar-refractivity contribution >= 4 is 8.60 Å². The summed E-state index contributed by atoms with van der Waals surface area (Å²) in [6.07, 6.45) is 37.7. The van der Waals surface area contributed by atoms with Crippen molar-refractivity contribution in [2.24, 2.45) is 0 Å². The highest BCUT2D eigenvalue weighted by Crippen LogP contribution is 2.35. The molecule has 0 saturated carbocycles. The van der Waals surface area contributed by atoms with Gasteiger partial charge in [0.2, 0.25) is 0 Å². The maximum Gasteiger partial charge on any atom is 0.331 e. The van der Waals surface area contributed by atoms with Crippen LogP contribution in [-0.2, 0) is 18.7 Å². The van der Waals surface area contributed by atoms with Crippen LogP contribution in [0.25, 0.3) is 0 Å². The second kappa shape index (κ2) is 37.0. The maximum atomic E-state index is 9.82. The number of unbranched alkanes of at least 4 members (excludes halogenated alkanes) is 27. The highest BCUT2D eigenvalue weighted by molar-refractivity contribution is 7.39. The summed E-state index contributed by atoms with van der Waals surface area (Å²) in [5, 5.41) is 0. The zero-order chi connectivity index (χ0) is 32.9. The van der Waals surface area contributed by atoms with Crippen molar-refractivity contribution < 1.29 is 28.5 Å². The van der Waals surface area contributed by atoms with Crippen LogP contribution in [0.15, 0.2) is 0 Å². The molecule has 0 heterocycles. The smallest absolute Gasteiger partial charge is 0.331 e. The van der Waals surface area contributed by atoms with Gasteiger partial charge in [-0.05, 0) is 19.3 Å². The Labute approximate surface area is 282 Å². The number of ether oxygens (including phenoxy) is 3.